The van der Waals surface area contributed by atoms with Gasteiger partial charge in [0.05, 0.1) is 30.1 Å². The van der Waals surface area contributed by atoms with Crippen LogP contribution in [0.3, 0.4) is 0 Å². The monoisotopic (exact) mass is 545 g/mol. The Morgan fingerprint density at radius 3 is 2.56 bits per heavy atom. The third-order valence-electron chi connectivity index (χ3n) is 6.57. The molecule has 2 aliphatic heterocycles. The maximum absolute atomic E-state index is 12.8. The first kappa shape index (κ1) is 26.4. The number of carbonyl (C=O) groups excluding carboxylic acids is 2. The van der Waals surface area contributed by atoms with E-state index in [0.717, 1.165) is 16.8 Å². The van der Waals surface area contributed by atoms with Crippen LogP contribution in [0.2, 0.25) is 0 Å². The van der Waals surface area contributed by atoms with E-state index in [2.05, 4.69) is 15.4 Å². The second kappa shape index (κ2) is 12.1. The normalized spacial score (nSPS) is 17.5. The summed E-state index contributed by atoms with van der Waals surface area (Å²) in [4.78, 5) is 40.0. The Balaban J connectivity index is 1.26. The quantitative estimate of drug-likeness (QED) is 0.259. The molecule has 1 atom stereocenters. The Morgan fingerprint density at radius 2 is 1.85 bits per heavy atom. The number of nitro groups is 1. The Morgan fingerprint density at radius 1 is 1.10 bits per heavy atom. The molecule has 2 saturated heterocycles. The molecule has 2 heterocycles. The molecular weight excluding hydrogens is 518 g/mol. The predicted octanol–water partition coefficient (Wildman–Crippen LogP) is 3.97. The first-order valence-corrected chi connectivity index (χ1v) is 13.5. The van der Waals surface area contributed by atoms with Crippen molar-refractivity contribution < 1.29 is 19.2 Å². The van der Waals surface area contributed by atoms with Gasteiger partial charge in [0, 0.05) is 48.6 Å². The lowest BCUT2D eigenvalue weighted by Crippen LogP contribution is -2.36. The van der Waals surface area contributed by atoms with E-state index in [9.17, 15) is 19.7 Å². The number of ether oxygens (including phenoxy) is 1. The third-order valence-corrected chi connectivity index (χ3v) is 7.82. The first-order chi connectivity index (χ1) is 19.0. The Kier molecular flexibility index (Phi) is 8.18. The van der Waals surface area contributed by atoms with Gasteiger partial charge in [-0.2, -0.15) is 5.10 Å². The number of hydrogen-bond donors (Lipinski definition) is 1. The highest BCUT2D eigenvalue weighted by Gasteiger charge is 2.32. The van der Waals surface area contributed by atoms with Crippen LogP contribution in [0.25, 0.3) is 0 Å². The molecule has 1 unspecified atom stereocenters. The molecule has 11 heteroatoms. The number of nitrogens with one attached hydrogen (secondary N) is 1. The van der Waals surface area contributed by atoms with Crippen LogP contribution in [0.1, 0.15) is 32.4 Å². The molecule has 3 aromatic carbocycles. The maximum Gasteiger partial charge on any atom is 0.271 e. The number of hydrazone groups is 1. The number of morpholine rings is 1. The van der Waals surface area contributed by atoms with Gasteiger partial charge in [-0.15, -0.1) is 11.8 Å². The second-order valence-corrected chi connectivity index (χ2v) is 10.2. The SMILES string of the molecule is O=C(N/N=C/c1cc([N+](=O)[O-])ccc1N1CCOCC1)c1ccc(C2SCC(=O)N2Cc2ccccc2)cc1. The second-order valence-electron chi connectivity index (χ2n) is 9.09. The number of non-ortho nitro benzene ring substituents is 1. The fourth-order valence-corrected chi connectivity index (χ4v) is 5.74. The first-order valence-electron chi connectivity index (χ1n) is 12.5. The van der Waals surface area contributed by atoms with Crippen LogP contribution in [0.5, 0.6) is 0 Å². The van der Waals surface area contributed by atoms with E-state index in [1.807, 2.05) is 47.4 Å². The lowest BCUT2D eigenvalue weighted by Gasteiger charge is -2.29. The van der Waals surface area contributed by atoms with Crippen LogP contribution in [-0.2, 0) is 16.1 Å². The van der Waals surface area contributed by atoms with Crippen molar-refractivity contribution in [3.63, 3.8) is 0 Å². The van der Waals surface area contributed by atoms with E-state index < -0.39 is 10.8 Å². The molecule has 2 amide bonds. The molecule has 0 spiro atoms. The number of anilines is 1. The Bertz CT molecular complexity index is 1380. The molecule has 0 aliphatic carbocycles. The summed E-state index contributed by atoms with van der Waals surface area (Å²) in [6, 6.07) is 21.6. The van der Waals surface area contributed by atoms with Gasteiger partial charge in [0.2, 0.25) is 5.91 Å². The summed E-state index contributed by atoms with van der Waals surface area (Å²) in [6.07, 6.45) is 1.42. The summed E-state index contributed by atoms with van der Waals surface area (Å²) in [6.45, 7) is 2.98. The Labute approximate surface area is 229 Å². The highest BCUT2D eigenvalue weighted by Crippen LogP contribution is 2.39. The zero-order valence-electron chi connectivity index (χ0n) is 21.1. The van der Waals surface area contributed by atoms with Crippen molar-refractivity contribution in [3.8, 4) is 0 Å². The van der Waals surface area contributed by atoms with Crippen molar-refractivity contribution >= 4 is 41.2 Å². The summed E-state index contributed by atoms with van der Waals surface area (Å²) in [5.41, 5.74) is 6.18. The number of nitrogens with zero attached hydrogens (tertiary/aromatic N) is 4. The van der Waals surface area contributed by atoms with Crippen molar-refractivity contribution in [2.75, 3.05) is 37.0 Å². The van der Waals surface area contributed by atoms with Gasteiger partial charge in [0.1, 0.15) is 5.37 Å². The van der Waals surface area contributed by atoms with Crippen molar-refractivity contribution in [2.24, 2.45) is 5.10 Å². The molecule has 0 aromatic heterocycles. The van der Waals surface area contributed by atoms with Crippen LogP contribution < -0.4 is 10.3 Å². The zero-order chi connectivity index (χ0) is 27.2. The molecular formula is C28H27N5O5S. The minimum Gasteiger partial charge on any atom is -0.378 e. The maximum atomic E-state index is 12.8. The molecule has 0 bridgehead atoms. The van der Waals surface area contributed by atoms with E-state index in [4.69, 9.17) is 4.74 Å². The van der Waals surface area contributed by atoms with Crippen molar-refractivity contribution in [1.29, 1.82) is 0 Å². The number of benzene rings is 3. The van der Waals surface area contributed by atoms with E-state index in [-0.39, 0.29) is 17.0 Å². The van der Waals surface area contributed by atoms with E-state index in [1.54, 1.807) is 30.0 Å². The van der Waals surface area contributed by atoms with Crippen LogP contribution >= 0.6 is 11.8 Å². The van der Waals surface area contributed by atoms with Crippen LogP contribution in [-0.4, -0.2) is 59.9 Å². The van der Waals surface area contributed by atoms with E-state index >= 15 is 0 Å². The molecule has 5 rings (SSSR count). The van der Waals surface area contributed by atoms with Gasteiger partial charge < -0.3 is 14.5 Å². The highest BCUT2D eigenvalue weighted by atomic mass is 32.2. The van der Waals surface area contributed by atoms with Gasteiger partial charge in [-0.05, 0) is 29.3 Å². The summed E-state index contributed by atoms with van der Waals surface area (Å²) in [7, 11) is 0. The van der Waals surface area contributed by atoms with E-state index in [1.165, 1.54) is 18.3 Å². The summed E-state index contributed by atoms with van der Waals surface area (Å²) >= 11 is 1.57. The molecule has 200 valence electrons. The van der Waals surface area contributed by atoms with Crippen LogP contribution in [0.15, 0.2) is 77.9 Å². The van der Waals surface area contributed by atoms with Gasteiger partial charge in [-0.3, -0.25) is 19.7 Å². The molecule has 39 heavy (non-hydrogen) atoms. The number of carbonyl (C=O) groups is 2. The van der Waals surface area contributed by atoms with Gasteiger partial charge in [0.15, 0.2) is 0 Å². The number of amides is 2. The lowest BCUT2D eigenvalue weighted by atomic mass is 10.1. The van der Waals surface area contributed by atoms with Gasteiger partial charge in [0.25, 0.3) is 11.6 Å². The highest BCUT2D eigenvalue weighted by molar-refractivity contribution is 8.00. The van der Waals surface area contributed by atoms with Crippen LogP contribution in [0.4, 0.5) is 11.4 Å². The summed E-state index contributed by atoms with van der Waals surface area (Å²) in [5, 5.41) is 15.3. The van der Waals surface area contributed by atoms with Crippen molar-refractivity contribution in [1.82, 2.24) is 10.3 Å². The van der Waals surface area contributed by atoms with Gasteiger partial charge in [-0.25, -0.2) is 5.43 Å². The largest absolute Gasteiger partial charge is 0.378 e. The fraction of sp³-hybridized carbons (Fsp3) is 0.250. The zero-order valence-corrected chi connectivity index (χ0v) is 21.9. The lowest BCUT2D eigenvalue weighted by molar-refractivity contribution is -0.384. The Hall–Kier alpha value is -4.22. The van der Waals surface area contributed by atoms with Crippen molar-refractivity contribution in [2.45, 2.75) is 11.9 Å². The number of hydrogen-bond acceptors (Lipinski definition) is 8. The van der Waals surface area contributed by atoms with Crippen molar-refractivity contribution in [3.05, 3.63) is 105 Å². The summed E-state index contributed by atoms with van der Waals surface area (Å²) in [5.74, 6) is 0.0912. The van der Waals surface area contributed by atoms with E-state index in [0.29, 0.717) is 49.7 Å². The fourth-order valence-electron chi connectivity index (χ4n) is 4.56. The molecule has 0 radical (unpaired) electrons. The smallest absolute Gasteiger partial charge is 0.271 e. The molecule has 3 aromatic rings. The predicted molar refractivity (Wildman–Crippen MR) is 150 cm³/mol. The molecule has 2 aliphatic rings. The average Bonchev–Trinajstić information content (AvgIpc) is 3.33. The third kappa shape index (κ3) is 6.27. The summed E-state index contributed by atoms with van der Waals surface area (Å²) < 4.78 is 5.40. The number of thioether (sulfide) groups is 1. The minimum absolute atomic E-state index is 0.0556. The number of rotatable bonds is 8. The number of nitro benzene ring substituents is 1. The molecule has 0 saturated carbocycles. The van der Waals surface area contributed by atoms with Gasteiger partial charge >= 0.3 is 0 Å². The standard InChI is InChI=1S/C28H27N5O5S/c34-26-19-39-28(32(26)18-20-4-2-1-3-5-20)22-8-6-21(7-9-22)27(35)30-29-17-23-16-24(33(36)37)10-11-25(23)31-12-14-38-15-13-31/h1-11,16-17,28H,12-15,18-19H2,(H,30,35)/b29-17+. The molecule has 1 N–H and O–H groups in total. The van der Waals surface area contributed by atoms with Gasteiger partial charge in [-0.1, -0.05) is 42.5 Å². The van der Waals surface area contributed by atoms with Crippen LogP contribution in [0, 0.1) is 10.1 Å². The molecule has 2 fully saturated rings. The topological polar surface area (TPSA) is 117 Å². The molecule has 10 nitrogen and oxygen atoms in total. The average molecular weight is 546 g/mol. The minimum atomic E-state index is -0.461.